The van der Waals surface area contributed by atoms with Crippen molar-refractivity contribution in [2.24, 2.45) is 0 Å². The normalized spacial score (nSPS) is 11.0. The van der Waals surface area contributed by atoms with Gasteiger partial charge in [0.05, 0.1) is 6.54 Å². The van der Waals surface area contributed by atoms with E-state index in [1.54, 1.807) is 37.1 Å². The van der Waals surface area contributed by atoms with E-state index in [1.807, 2.05) is 0 Å². The molecule has 0 amide bonds. The molecule has 19 heavy (non-hydrogen) atoms. The lowest BCUT2D eigenvalue weighted by molar-refractivity contribution is 0.152. The Morgan fingerprint density at radius 2 is 2.11 bits per heavy atom. The highest BCUT2D eigenvalue weighted by Crippen LogP contribution is 2.31. The third kappa shape index (κ3) is 3.01. The molecule has 0 aliphatic heterocycles. The first-order valence-corrected chi connectivity index (χ1v) is 5.78. The van der Waals surface area contributed by atoms with Gasteiger partial charge in [-0.1, -0.05) is 5.16 Å². The van der Waals surface area contributed by atoms with E-state index in [9.17, 15) is 8.78 Å². The maximum atomic E-state index is 13.0. The van der Waals surface area contributed by atoms with Crippen LogP contribution in [-0.4, -0.2) is 12.2 Å². The van der Waals surface area contributed by atoms with Gasteiger partial charge in [-0.2, -0.15) is 0 Å². The Labute approximate surface area is 109 Å². The number of nitrogens with two attached hydrogens (primary N) is 1. The Morgan fingerprint density at radius 3 is 2.68 bits per heavy atom. The Hall–Kier alpha value is -2.11. The summed E-state index contributed by atoms with van der Waals surface area (Å²) in [5.74, 6) is 0.690. The predicted molar refractivity (Wildman–Crippen MR) is 69.2 cm³/mol. The van der Waals surface area contributed by atoms with Crippen LogP contribution in [0.2, 0.25) is 0 Å². The molecule has 4 nitrogen and oxygen atoms in total. The molecule has 2 aromatic rings. The molecule has 0 bridgehead atoms. The van der Waals surface area contributed by atoms with Crippen LogP contribution in [0.25, 0.3) is 0 Å². The predicted octanol–water partition coefficient (Wildman–Crippen LogP) is 3.14. The van der Waals surface area contributed by atoms with E-state index in [1.165, 1.54) is 6.07 Å². The van der Waals surface area contributed by atoms with Gasteiger partial charge >= 0.3 is 0 Å². The van der Waals surface area contributed by atoms with Crippen molar-refractivity contribution < 1.29 is 13.3 Å². The van der Waals surface area contributed by atoms with Crippen LogP contribution < -0.4 is 10.6 Å². The average Bonchev–Trinajstić information content (AvgIpc) is 2.74. The number of aromatic nitrogens is 1. The molecule has 0 fully saturated rings. The van der Waals surface area contributed by atoms with Crippen LogP contribution in [0.4, 0.5) is 20.2 Å². The molecule has 0 radical (unpaired) electrons. The summed E-state index contributed by atoms with van der Waals surface area (Å²) in [5, 5.41) is 3.84. The molecule has 2 rings (SSSR count). The van der Waals surface area contributed by atoms with Gasteiger partial charge < -0.3 is 15.2 Å². The first-order chi connectivity index (χ1) is 8.97. The van der Waals surface area contributed by atoms with Gasteiger partial charge in [-0.3, -0.25) is 0 Å². The van der Waals surface area contributed by atoms with Crippen molar-refractivity contribution in [2.45, 2.75) is 19.9 Å². The molecule has 0 spiro atoms. The molecule has 2 N–H and O–H groups in total. The molecular weight excluding hydrogens is 252 g/mol. The van der Waals surface area contributed by atoms with E-state index in [0.717, 1.165) is 0 Å². The van der Waals surface area contributed by atoms with Gasteiger partial charge in [0.2, 0.25) is 0 Å². The third-order valence-electron chi connectivity index (χ3n) is 2.77. The van der Waals surface area contributed by atoms with Crippen molar-refractivity contribution in [3.63, 3.8) is 0 Å². The van der Waals surface area contributed by atoms with Crippen molar-refractivity contribution in [2.75, 3.05) is 17.7 Å². The maximum Gasteiger partial charge on any atom is 0.265 e. The second-order valence-corrected chi connectivity index (χ2v) is 4.40. The van der Waals surface area contributed by atoms with Gasteiger partial charge in [-0.15, -0.1) is 0 Å². The van der Waals surface area contributed by atoms with Gasteiger partial charge in [-0.05, 0) is 25.1 Å². The van der Waals surface area contributed by atoms with Gasteiger partial charge in [-0.25, -0.2) is 8.78 Å². The first-order valence-electron chi connectivity index (χ1n) is 5.78. The number of hydrogen-bond acceptors (Lipinski definition) is 4. The molecule has 0 atom stereocenters. The van der Waals surface area contributed by atoms with Crippen LogP contribution in [0, 0.1) is 6.92 Å². The minimum Gasteiger partial charge on any atom is -0.399 e. The van der Waals surface area contributed by atoms with Crippen LogP contribution >= 0.6 is 0 Å². The van der Waals surface area contributed by atoms with Crippen LogP contribution in [0.5, 0.6) is 0 Å². The summed E-state index contributed by atoms with van der Waals surface area (Å²) in [4.78, 5) is 1.69. The molecule has 0 saturated heterocycles. The number of benzene rings is 1. The topological polar surface area (TPSA) is 55.3 Å². The lowest BCUT2D eigenvalue weighted by Crippen LogP contribution is -2.18. The van der Waals surface area contributed by atoms with Crippen LogP contribution in [0.15, 0.2) is 28.8 Å². The number of alkyl halides is 2. The highest BCUT2D eigenvalue weighted by molar-refractivity contribution is 5.59. The molecular formula is C13H15F2N3O. The third-order valence-corrected chi connectivity index (χ3v) is 2.77. The minimum absolute atomic E-state index is 0.0808. The summed E-state index contributed by atoms with van der Waals surface area (Å²) >= 11 is 0. The Kier molecular flexibility index (Phi) is 3.69. The fraction of sp³-hybridized carbons (Fsp3) is 0.308. The fourth-order valence-corrected chi connectivity index (χ4v) is 1.92. The molecule has 0 aliphatic carbocycles. The number of nitrogens with zero attached hydrogens (tertiary/aromatic N) is 2. The smallest absolute Gasteiger partial charge is 0.265 e. The van der Waals surface area contributed by atoms with E-state index < -0.39 is 6.43 Å². The maximum absolute atomic E-state index is 13.0. The molecule has 0 aliphatic rings. The molecule has 1 aromatic carbocycles. The Balaban J connectivity index is 2.25. The highest BCUT2D eigenvalue weighted by atomic mass is 19.3. The van der Waals surface area contributed by atoms with Crippen molar-refractivity contribution in [1.29, 1.82) is 0 Å². The largest absolute Gasteiger partial charge is 0.399 e. The summed E-state index contributed by atoms with van der Waals surface area (Å²) in [6.45, 7) is 2.17. The first kappa shape index (κ1) is 13.3. The molecule has 0 saturated carbocycles. The SMILES string of the molecule is Cc1cc(CN(C)c2ccc(N)cc2C(F)F)no1. The zero-order valence-electron chi connectivity index (χ0n) is 10.7. The zero-order chi connectivity index (χ0) is 14.0. The van der Waals surface area contributed by atoms with Gasteiger partial charge in [0.1, 0.15) is 11.5 Å². The molecule has 0 unspecified atom stereocenters. The Morgan fingerprint density at radius 1 is 1.37 bits per heavy atom. The van der Waals surface area contributed by atoms with Crippen LogP contribution in [0.3, 0.4) is 0 Å². The monoisotopic (exact) mass is 267 g/mol. The summed E-state index contributed by atoms with van der Waals surface area (Å²) < 4.78 is 30.9. The Bertz CT molecular complexity index is 569. The second kappa shape index (κ2) is 5.26. The van der Waals surface area contributed by atoms with Crippen LogP contribution in [-0.2, 0) is 6.54 Å². The number of rotatable bonds is 4. The van der Waals surface area contributed by atoms with Gasteiger partial charge in [0.25, 0.3) is 6.43 Å². The lowest BCUT2D eigenvalue weighted by atomic mass is 10.1. The summed E-state index contributed by atoms with van der Waals surface area (Å²) in [5.41, 5.74) is 6.91. The summed E-state index contributed by atoms with van der Waals surface area (Å²) in [7, 11) is 1.72. The summed E-state index contributed by atoms with van der Waals surface area (Å²) in [6, 6.07) is 6.26. The molecule has 6 heteroatoms. The van der Waals surface area contributed by atoms with E-state index in [0.29, 0.717) is 29.4 Å². The van der Waals surface area contributed by atoms with E-state index in [2.05, 4.69) is 5.16 Å². The number of hydrogen-bond donors (Lipinski definition) is 1. The standard InChI is InChI=1S/C13H15F2N3O/c1-8-5-10(17-19-8)7-18(2)12-4-3-9(16)6-11(12)13(14)15/h3-6,13H,7,16H2,1-2H3. The number of nitrogen functional groups attached to an aromatic ring is 1. The summed E-state index contributed by atoms with van der Waals surface area (Å²) in [6.07, 6.45) is -2.57. The average molecular weight is 267 g/mol. The highest BCUT2D eigenvalue weighted by Gasteiger charge is 2.17. The van der Waals surface area contributed by atoms with E-state index in [-0.39, 0.29) is 5.56 Å². The lowest BCUT2D eigenvalue weighted by Gasteiger charge is -2.21. The number of anilines is 2. The second-order valence-electron chi connectivity index (χ2n) is 4.40. The van der Waals surface area contributed by atoms with Crippen molar-refractivity contribution in [1.82, 2.24) is 5.16 Å². The molecule has 102 valence electrons. The van der Waals surface area contributed by atoms with Gasteiger partial charge in [0.15, 0.2) is 0 Å². The fourth-order valence-electron chi connectivity index (χ4n) is 1.92. The van der Waals surface area contributed by atoms with Crippen molar-refractivity contribution in [3.8, 4) is 0 Å². The zero-order valence-corrected chi connectivity index (χ0v) is 10.7. The van der Waals surface area contributed by atoms with Crippen molar-refractivity contribution in [3.05, 3.63) is 41.3 Å². The van der Waals surface area contributed by atoms with Crippen LogP contribution in [0.1, 0.15) is 23.4 Å². The van der Waals surface area contributed by atoms with E-state index >= 15 is 0 Å². The van der Waals surface area contributed by atoms with Crippen molar-refractivity contribution >= 4 is 11.4 Å². The molecule has 1 aromatic heterocycles. The number of aryl methyl sites for hydroxylation is 1. The quantitative estimate of drug-likeness (QED) is 0.865. The van der Waals surface area contributed by atoms with E-state index in [4.69, 9.17) is 10.3 Å². The van der Waals surface area contributed by atoms with Gasteiger partial charge in [0, 0.05) is 30.1 Å². The number of halogens is 2. The molecule has 1 heterocycles. The minimum atomic E-state index is -2.57.